The minimum absolute atomic E-state index is 0.0257. The summed E-state index contributed by atoms with van der Waals surface area (Å²) in [6, 6.07) is 0. The minimum Gasteiger partial charge on any atom is -0.462 e. The number of carbonyl (C=O) groups is 4. The molecule has 0 saturated heterocycles. The Balaban J connectivity index is 5.35. The van der Waals surface area contributed by atoms with Crippen molar-refractivity contribution in [2.75, 3.05) is 39.6 Å². The summed E-state index contributed by atoms with van der Waals surface area (Å²) in [5.41, 5.74) is 0. The van der Waals surface area contributed by atoms with E-state index in [-0.39, 0.29) is 25.7 Å². The summed E-state index contributed by atoms with van der Waals surface area (Å²) in [7, 11) is -9.96. The molecule has 0 fully saturated rings. The fraction of sp³-hybridized carbons (Fsp3) is 0.859. The van der Waals surface area contributed by atoms with Crippen LogP contribution in [0, 0.1) is 0 Å². The molecule has 0 saturated carbocycles. The van der Waals surface area contributed by atoms with Crippen molar-refractivity contribution >= 4 is 39.5 Å². The largest absolute Gasteiger partial charge is 0.472 e. The van der Waals surface area contributed by atoms with E-state index in [4.69, 9.17) is 37.0 Å². The molecule has 0 aromatic rings. The van der Waals surface area contributed by atoms with Crippen LogP contribution in [0.25, 0.3) is 0 Å². The topological polar surface area (TPSA) is 237 Å². The summed E-state index contributed by atoms with van der Waals surface area (Å²) in [6.07, 6.45) is 78.0. The van der Waals surface area contributed by atoms with E-state index in [1.165, 1.54) is 238 Å². The first-order valence-electron chi connectivity index (χ1n) is 42.9. The molecular weight excluding hydrogens is 1350 g/mol. The van der Waals surface area contributed by atoms with Gasteiger partial charge in [0, 0.05) is 25.7 Å². The number of hydrogen-bond donors (Lipinski definition) is 3. The quantitative estimate of drug-likeness (QED) is 0.0169. The van der Waals surface area contributed by atoms with E-state index in [2.05, 4.69) is 64.2 Å². The molecule has 104 heavy (non-hydrogen) atoms. The van der Waals surface area contributed by atoms with Crippen molar-refractivity contribution in [1.29, 1.82) is 0 Å². The monoisotopic (exact) mass is 1510 g/mol. The number of carbonyl (C=O) groups excluding carboxylic acids is 4. The third-order valence-corrected chi connectivity index (χ3v) is 20.7. The average molecular weight is 1510 g/mol. The minimum atomic E-state index is -4.98. The molecule has 0 aliphatic carbocycles. The Kier molecular flexibility index (Phi) is 75.9. The molecule has 0 aromatic carbocycles. The second-order valence-corrected chi connectivity index (χ2v) is 32.1. The van der Waals surface area contributed by atoms with Gasteiger partial charge in [-0.3, -0.25) is 37.3 Å². The van der Waals surface area contributed by atoms with Gasteiger partial charge in [0.05, 0.1) is 26.4 Å². The fourth-order valence-corrected chi connectivity index (χ4v) is 13.9. The van der Waals surface area contributed by atoms with Crippen LogP contribution in [-0.4, -0.2) is 96.7 Å². The van der Waals surface area contributed by atoms with Gasteiger partial charge in [0.1, 0.15) is 19.3 Å². The first-order valence-corrected chi connectivity index (χ1v) is 45.9. The molecule has 5 atom stereocenters. The maximum absolute atomic E-state index is 13.1. The number of ether oxygens (including phenoxy) is 4. The number of aliphatic hydroxyl groups excluding tert-OH is 1. The molecule has 0 amide bonds. The van der Waals surface area contributed by atoms with Gasteiger partial charge < -0.3 is 33.8 Å². The van der Waals surface area contributed by atoms with Crippen molar-refractivity contribution in [3.05, 3.63) is 48.6 Å². The summed E-state index contributed by atoms with van der Waals surface area (Å²) in [6.45, 7) is 4.91. The van der Waals surface area contributed by atoms with Crippen LogP contribution in [0.2, 0.25) is 0 Å². The Morgan fingerprint density at radius 2 is 0.481 bits per heavy atom. The van der Waals surface area contributed by atoms with Gasteiger partial charge in [0.15, 0.2) is 12.2 Å². The zero-order valence-electron chi connectivity index (χ0n) is 67.0. The zero-order valence-corrected chi connectivity index (χ0v) is 68.8. The molecule has 0 rings (SSSR count). The molecule has 0 spiro atoms. The van der Waals surface area contributed by atoms with Gasteiger partial charge in [-0.15, -0.1) is 0 Å². The van der Waals surface area contributed by atoms with Crippen LogP contribution in [0.3, 0.4) is 0 Å². The van der Waals surface area contributed by atoms with E-state index in [1.807, 2.05) is 12.2 Å². The van der Waals surface area contributed by atoms with Gasteiger partial charge in [-0.1, -0.05) is 372 Å². The number of allylic oxidation sites excluding steroid dienone is 8. The standard InChI is InChI=1S/C85H158O17P2/c1-5-9-13-17-21-25-29-33-36-39-42-46-50-54-58-62-66-70-83(88)96-76-81(102-85(90)72-68-64-60-56-52-48-44-41-38-35-31-27-23-19-15-11-7-3)78-100-104(93,94)98-74-79(86)73-97-103(91,92)99-77-80(75-95-82(87)69-65-61-57-53-49-45-32-28-24-20-16-12-8-4)101-84(89)71-67-63-59-55-51-47-43-40-37-34-30-26-22-18-14-10-6-2/h22,26,34,37,43,47,55,59,79-81,86H,5-21,23-25,27-33,35-36,38-42,44-46,48-54,56-58,60-78H2,1-4H3,(H,91,92)(H,93,94)/b26-22-,37-34-,47-43-,59-55-/t79-,80+,81+/m0/s1. The summed E-state index contributed by atoms with van der Waals surface area (Å²) < 4.78 is 68.8. The summed E-state index contributed by atoms with van der Waals surface area (Å²) in [5.74, 6) is -2.19. The van der Waals surface area contributed by atoms with Gasteiger partial charge in [-0.25, -0.2) is 9.13 Å². The van der Waals surface area contributed by atoms with Crippen LogP contribution >= 0.6 is 15.6 Å². The van der Waals surface area contributed by atoms with Crippen LogP contribution in [-0.2, 0) is 65.4 Å². The van der Waals surface area contributed by atoms with E-state index in [0.29, 0.717) is 32.1 Å². The molecule has 17 nitrogen and oxygen atoms in total. The second-order valence-electron chi connectivity index (χ2n) is 29.2. The highest BCUT2D eigenvalue weighted by Crippen LogP contribution is 2.45. The number of unbranched alkanes of at least 4 members (excludes halogenated alkanes) is 48. The normalized spacial score (nSPS) is 14.0. The first kappa shape index (κ1) is 101. The third-order valence-electron chi connectivity index (χ3n) is 18.8. The van der Waals surface area contributed by atoms with E-state index in [9.17, 15) is 43.2 Å². The molecule has 2 unspecified atom stereocenters. The Labute approximate surface area is 636 Å². The van der Waals surface area contributed by atoms with Crippen molar-refractivity contribution < 1.29 is 80.2 Å². The second kappa shape index (κ2) is 78.2. The Bertz CT molecular complexity index is 2150. The van der Waals surface area contributed by atoms with Crippen molar-refractivity contribution in [2.45, 2.75) is 431 Å². The molecule has 0 aliphatic rings. The SMILES string of the molecule is CCCCC/C=C\C/C=C\C/C=C\C/C=C\CCCC(=O)O[C@H](COC(=O)CCCCCCCCCCCCCCC)COP(=O)(O)OC[C@H](O)COP(=O)(O)OC[C@@H](COC(=O)CCCCCCCCCCCCCCCCCCC)OC(=O)CCCCCCCCCCCCCCCCCCC. The third kappa shape index (κ3) is 77.2. The van der Waals surface area contributed by atoms with Gasteiger partial charge in [-0.05, 0) is 64.2 Å². The maximum Gasteiger partial charge on any atom is 0.472 e. The number of hydrogen-bond acceptors (Lipinski definition) is 15. The molecule has 0 bridgehead atoms. The highest BCUT2D eigenvalue weighted by molar-refractivity contribution is 7.47. The van der Waals surface area contributed by atoms with E-state index in [0.717, 1.165) is 89.9 Å². The van der Waals surface area contributed by atoms with Gasteiger partial charge in [0.2, 0.25) is 0 Å². The maximum atomic E-state index is 13.1. The number of aliphatic hydroxyl groups is 1. The first-order chi connectivity index (χ1) is 50.7. The lowest BCUT2D eigenvalue weighted by molar-refractivity contribution is -0.161. The van der Waals surface area contributed by atoms with Crippen molar-refractivity contribution in [1.82, 2.24) is 0 Å². The lowest BCUT2D eigenvalue weighted by Crippen LogP contribution is -2.30. The van der Waals surface area contributed by atoms with Crippen molar-refractivity contribution in [3.63, 3.8) is 0 Å². The molecule has 3 N–H and O–H groups in total. The molecule has 19 heteroatoms. The van der Waals surface area contributed by atoms with E-state index in [1.54, 1.807) is 0 Å². The Hall–Kier alpha value is -2.98. The van der Waals surface area contributed by atoms with E-state index >= 15 is 0 Å². The summed E-state index contributed by atoms with van der Waals surface area (Å²) in [5, 5.41) is 10.7. The van der Waals surface area contributed by atoms with Crippen LogP contribution in [0.1, 0.15) is 413 Å². The lowest BCUT2D eigenvalue weighted by atomic mass is 10.0. The number of rotatable bonds is 82. The highest BCUT2D eigenvalue weighted by Gasteiger charge is 2.30. The van der Waals surface area contributed by atoms with Gasteiger partial charge in [-0.2, -0.15) is 0 Å². The molecule has 0 aromatic heterocycles. The van der Waals surface area contributed by atoms with Gasteiger partial charge >= 0.3 is 39.5 Å². The number of esters is 4. The predicted octanol–water partition coefficient (Wildman–Crippen LogP) is 25.2. The molecule has 0 radical (unpaired) electrons. The molecule has 610 valence electrons. The predicted molar refractivity (Wildman–Crippen MR) is 427 cm³/mol. The molecule has 0 aliphatic heterocycles. The zero-order chi connectivity index (χ0) is 76.0. The van der Waals surface area contributed by atoms with Crippen LogP contribution in [0.4, 0.5) is 0 Å². The van der Waals surface area contributed by atoms with Crippen molar-refractivity contribution in [3.8, 4) is 0 Å². The smallest absolute Gasteiger partial charge is 0.462 e. The van der Waals surface area contributed by atoms with Crippen LogP contribution in [0.5, 0.6) is 0 Å². The highest BCUT2D eigenvalue weighted by atomic mass is 31.2. The number of phosphoric ester groups is 2. The van der Waals surface area contributed by atoms with Crippen molar-refractivity contribution in [2.24, 2.45) is 0 Å². The average Bonchev–Trinajstić information content (AvgIpc) is 0.911. The van der Waals surface area contributed by atoms with Crippen LogP contribution in [0.15, 0.2) is 48.6 Å². The van der Waals surface area contributed by atoms with E-state index < -0.39 is 97.5 Å². The van der Waals surface area contributed by atoms with Gasteiger partial charge in [0.25, 0.3) is 0 Å². The van der Waals surface area contributed by atoms with Crippen LogP contribution < -0.4 is 0 Å². The lowest BCUT2D eigenvalue weighted by Gasteiger charge is -2.21. The Morgan fingerprint density at radius 1 is 0.269 bits per heavy atom. The summed E-state index contributed by atoms with van der Waals surface area (Å²) in [4.78, 5) is 73.1. The number of phosphoric acid groups is 2. The Morgan fingerprint density at radius 3 is 0.760 bits per heavy atom. The molecular formula is C85H158O17P2. The molecule has 0 heterocycles. The summed E-state index contributed by atoms with van der Waals surface area (Å²) >= 11 is 0. The fourth-order valence-electron chi connectivity index (χ4n) is 12.3.